The van der Waals surface area contributed by atoms with Gasteiger partial charge in [-0.2, -0.15) is 0 Å². The third kappa shape index (κ3) is 3.89. The van der Waals surface area contributed by atoms with Crippen molar-refractivity contribution in [2.75, 3.05) is 4.90 Å². The van der Waals surface area contributed by atoms with Crippen molar-refractivity contribution in [1.29, 1.82) is 0 Å². The van der Waals surface area contributed by atoms with Crippen LogP contribution in [-0.4, -0.2) is 10.9 Å². The molecule has 4 heteroatoms. The Morgan fingerprint density at radius 1 is 1.32 bits per heavy atom. The van der Waals surface area contributed by atoms with Crippen molar-refractivity contribution in [1.82, 2.24) is 4.98 Å². The van der Waals surface area contributed by atoms with E-state index >= 15 is 0 Å². The van der Waals surface area contributed by atoms with Gasteiger partial charge in [-0.1, -0.05) is 31.5 Å². The molecule has 0 radical (unpaired) electrons. The quantitative estimate of drug-likeness (QED) is 0.801. The Bertz CT molecular complexity index is 496. The highest BCUT2D eigenvalue weighted by molar-refractivity contribution is 7.09. The second-order valence-corrected chi connectivity index (χ2v) is 5.32. The first kappa shape index (κ1) is 13.7. The topological polar surface area (TPSA) is 33.2 Å². The molecule has 0 fully saturated rings. The van der Waals surface area contributed by atoms with Crippen LogP contribution in [0.15, 0.2) is 41.9 Å². The summed E-state index contributed by atoms with van der Waals surface area (Å²) in [6.07, 6.45) is 4.34. The third-order valence-electron chi connectivity index (χ3n) is 2.89. The molecule has 0 bridgehead atoms. The number of anilines is 1. The van der Waals surface area contributed by atoms with Crippen LogP contribution in [0.4, 0.5) is 5.69 Å². The molecule has 1 heterocycles. The van der Waals surface area contributed by atoms with Crippen molar-refractivity contribution >= 4 is 22.9 Å². The van der Waals surface area contributed by atoms with E-state index in [1.54, 1.807) is 17.5 Å². The summed E-state index contributed by atoms with van der Waals surface area (Å²) in [4.78, 5) is 18.4. The van der Waals surface area contributed by atoms with Crippen LogP contribution < -0.4 is 4.90 Å². The third-order valence-corrected chi connectivity index (χ3v) is 3.65. The van der Waals surface area contributed by atoms with Gasteiger partial charge in [0, 0.05) is 23.7 Å². The van der Waals surface area contributed by atoms with E-state index in [1.165, 1.54) is 0 Å². The SMILES string of the molecule is CCCCC(=O)N(Cc1nccs1)c1ccccc1. The van der Waals surface area contributed by atoms with Gasteiger partial charge in [0.2, 0.25) is 5.91 Å². The van der Waals surface area contributed by atoms with Crippen molar-refractivity contribution < 1.29 is 4.79 Å². The zero-order chi connectivity index (χ0) is 13.5. The monoisotopic (exact) mass is 274 g/mol. The molecule has 100 valence electrons. The van der Waals surface area contributed by atoms with E-state index in [4.69, 9.17) is 0 Å². The molecular formula is C15H18N2OS. The number of nitrogens with zero attached hydrogens (tertiary/aromatic N) is 2. The maximum atomic E-state index is 12.3. The number of para-hydroxylation sites is 1. The second-order valence-electron chi connectivity index (χ2n) is 4.34. The van der Waals surface area contributed by atoms with E-state index in [1.807, 2.05) is 40.6 Å². The predicted molar refractivity (Wildman–Crippen MR) is 79.3 cm³/mol. The average molecular weight is 274 g/mol. The highest BCUT2D eigenvalue weighted by Crippen LogP contribution is 2.19. The summed E-state index contributed by atoms with van der Waals surface area (Å²) < 4.78 is 0. The Morgan fingerprint density at radius 2 is 2.11 bits per heavy atom. The van der Waals surface area contributed by atoms with E-state index < -0.39 is 0 Å². The molecule has 0 saturated heterocycles. The summed E-state index contributed by atoms with van der Waals surface area (Å²) in [5.41, 5.74) is 0.943. The first-order valence-electron chi connectivity index (χ1n) is 6.55. The summed E-state index contributed by atoms with van der Waals surface area (Å²) in [5, 5.41) is 2.91. The molecule has 0 unspecified atom stereocenters. The highest BCUT2D eigenvalue weighted by atomic mass is 32.1. The molecule has 1 aromatic carbocycles. The largest absolute Gasteiger partial charge is 0.306 e. The molecule has 0 atom stereocenters. The molecule has 0 spiro atoms. The zero-order valence-electron chi connectivity index (χ0n) is 11.1. The molecular weight excluding hydrogens is 256 g/mol. The first-order valence-corrected chi connectivity index (χ1v) is 7.43. The number of amides is 1. The molecule has 0 aliphatic rings. The summed E-state index contributed by atoms with van der Waals surface area (Å²) in [5.74, 6) is 0.170. The van der Waals surface area contributed by atoms with E-state index in [0.29, 0.717) is 13.0 Å². The number of hydrogen-bond donors (Lipinski definition) is 0. The van der Waals surface area contributed by atoms with Crippen LogP contribution in [0, 0.1) is 0 Å². The number of carbonyl (C=O) groups excluding carboxylic acids is 1. The van der Waals surface area contributed by atoms with Gasteiger partial charge in [0.05, 0.1) is 6.54 Å². The van der Waals surface area contributed by atoms with E-state index in [0.717, 1.165) is 23.5 Å². The van der Waals surface area contributed by atoms with Gasteiger partial charge in [0.25, 0.3) is 0 Å². The summed E-state index contributed by atoms with van der Waals surface area (Å²) >= 11 is 1.58. The van der Waals surface area contributed by atoms with Gasteiger partial charge in [0.15, 0.2) is 0 Å². The molecule has 1 aromatic heterocycles. The van der Waals surface area contributed by atoms with Gasteiger partial charge < -0.3 is 4.90 Å². The molecule has 19 heavy (non-hydrogen) atoms. The minimum atomic E-state index is 0.170. The Kier molecular flexibility index (Phi) is 5.10. The Labute approximate surface area is 117 Å². The standard InChI is InChI=1S/C15H18N2OS/c1-2-3-9-15(18)17(12-14-16-10-11-19-14)13-7-5-4-6-8-13/h4-8,10-11H,2-3,9,12H2,1H3. The van der Waals surface area contributed by atoms with Gasteiger partial charge >= 0.3 is 0 Å². The number of rotatable bonds is 6. The lowest BCUT2D eigenvalue weighted by atomic mass is 10.2. The van der Waals surface area contributed by atoms with Crippen LogP contribution in [0.1, 0.15) is 31.2 Å². The minimum absolute atomic E-state index is 0.170. The normalized spacial score (nSPS) is 10.4. The molecule has 0 saturated carbocycles. The summed E-state index contributed by atoms with van der Waals surface area (Å²) in [6, 6.07) is 9.81. The molecule has 1 amide bonds. The van der Waals surface area contributed by atoms with E-state index in [-0.39, 0.29) is 5.91 Å². The fourth-order valence-electron chi connectivity index (χ4n) is 1.86. The fraction of sp³-hybridized carbons (Fsp3) is 0.333. The van der Waals surface area contributed by atoms with E-state index in [9.17, 15) is 4.79 Å². The molecule has 2 aromatic rings. The van der Waals surface area contributed by atoms with Gasteiger partial charge in [-0.05, 0) is 18.6 Å². The molecule has 2 rings (SSSR count). The summed E-state index contributed by atoms with van der Waals surface area (Å²) in [6.45, 7) is 2.66. The Hall–Kier alpha value is -1.68. The van der Waals surface area contributed by atoms with Gasteiger partial charge in [-0.15, -0.1) is 11.3 Å². The van der Waals surface area contributed by atoms with Gasteiger partial charge in [-0.3, -0.25) is 4.79 Å². The van der Waals surface area contributed by atoms with Gasteiger partial charge in [-0.25, -0.2) is 4.98 Å². The average Bonchev–Trinajstić information content (AvgIpc) is 2.96. The van der Waals surface area contributed by atoms with Crippen molar-refractivity contribution in [2.24, 2.45) is 0 Å². The fourth-order valence-corrected chi connectivity index (χ4v) is 2.46. The maximum Gasteiger partial charge on any atom is 0.227 e. The van der Waals surface area contributed by atoms with Crippen molar-refractivity contribution in [3.05, 3.63) is 46.9 Å². The summed E-state index contributed by atoms with van der Waals surface area (Å²) in [7, 11) is 0. The first-order chi connectivity index (χ1) is 9.31. The lowest BCUT2D eigenvalue weighted by Gasteiger charge is -2.21. The van der Waals surface area contributed by atoms with Crippen molar-refractivity contribution in [3.63, 3.8) is 0 Å². The molecule has 0 N–H and O–H groups in total. The maximum absolute atomic E-state index is 12.3. The second kappa shape index (κ2) is 7.04. The minimum Gasteiger partial charge on any atom is -0.306 e. The van der Waals surface area contributed by atoms with Gasteiger partial charge in [0.1, 0.15) is 5.01 Å². The van der Waals surface area contributed by atoms with Crippen molar-refractivity contribution in [3.8, 4) is 0 Å². The van der Waals surface area contributed by atoms with Crippen LogP contribution in [-0.2, 0) is 11.3 Å². The lowest BCUT2D eigenvalue weighted by Crippen LogP contribution is -2.30. The Morgan fingerprint density at radius 3 is 2.74 bits per heavy atom. The van der Waals surface area contributed by atoms with Crippen LogP contribution in [0.2, 0.25) is 0 Å². The number of unbranched alkanes of at least 4 members (excludes halogenated alkanes) is 1. The zero-order valence-corrected chi connectivity index (χ0v) is 11.9. The van der Waals surface area contributed by atoms with Crippen LogP contribution in [0.3, 0.4) is 0 Å². The number of carbonyl (C=O) groups is 1. The lowest BCUT2D eigenvalue weighted by molar-refractivity contribution is -0.118. The van der Waals surface area contributed by atoms with Crippen LogP contribution in [0.25, 0.3) is 0 Å². The smallest absolute Gasteiger partial charge is 0.227 e. The highest BCUT2D eigenvalue weighted by Gasteiger charge is 2.16. The van der Waals surface area contributed by atoms with Crippen LogP contribution >= 0.6 is 11.3 Å². The van der Waals surface area contributed by atoms with Crippen molar-refractivity contribution in [2.45, 2.75) is 32.7 Å². The molecule has 3 nitrogen and oxygen atoms in total. The molecule has 0 aliphatic heterocycles. The Balaban J connectivity index is 2.15. The van der Waals surface area contributed by atoms with Crippen LogP contribution in [0.5, 0.6) is 0 Å². The number of aromatic nitrogens is 1. The predicted octanol–water partition coefficient (Wildman–Crippen LogP) is 3.87. The molecule has 0 aliphatic carbocycles. The number of thiazole rings is 1. The number of hydrogen-bond acceptors (Lipinski definition) is 3. The van der Waals surface area contributed by atoms with E-state index in [2.05, 4.69) is 11.9 Å². The number of benzene rings is 1.